The molecule has 0 bridgehead atoms. The van der Waals surface area contributed by atoms with E-state index in [0.717, 1.165) is 24.4 Å². The van der Waals surface area contributed by atoms with E-state index in [0.29, 0.717) is 0 Å². The summed E-state index contributed by atoms with van der Waals surface area (Å²) in [7, 11) is 0. The quantitative estimate of drug-likeness (QED) is 0.834. The molecule has 1 N–H and O–H groups in total. The van der Waals surface area contributed by atoms with Crippen LogP contribution in [0.1, 0.15) is 62.5 Å². The van der Waals surface area contributed by atoms with E-state index in [1.807, 2.05) is 0 Å². The van der Waals surface area contributed by atoms with Gasteiger partial charge in [0.2, 0.25) is 0 Å². The second-order valence-electron chi connectivity index (χ2n) is 6.27. The monoisotopic (exact) mass is 243 g/mol. The van der Waals surface area contributed by atoms with Crippen LogP contribution in [0.5, 0.6) is 0 Å². The lowest BCUT2D eigenvalue weighted by molar-refractivity contribution is 0.279. The summed E-state index contributed by atoms with van der Waals surface area (Å²) < 4.78 is 0. The number of nitrogens with one attached hydrogen (secondary N) is 1. The molecule has 2 fully saturated rings. The molecule has 0 heterocycles. The van der Waals surface area contributed by atoms with Crippen LogP contribution < -0.4 is 5.32 Å². The minimum atomic E-state index is 0.739. The summed E-state index contributed by atoms with van der Waals surface area (Å²) in [5.41, 5.74) is 3.03. The van der Waals surface area contributed by atoms with Crippen molar-refractivity contribution in [2.75, 3.05) is 0 Å². The zero-order chi connectivity index (χ0) is 12.4. The van der Waals surface area contributed by atoms with Crippen molar-refractivity contribution < 1.29 is 0 Å². The Labute approximate surface area is 111 Å². The van der Waals surface area contributed by atoms with E-state index in [4.69, 9.17) is 0 Å². The molecule has 3 rings (SSSR count). The van der Waals surface area contributed by atoms with Crippen LogP contribution >= 0.6 is 0 Å². The molecule has 2 aliphatic carbocycles. The van der Waals surface area contributed by atoms with E-state index >= 15 is 0 Å². The molecule has 0 saturated heterocycles. The van der Waals surface area contributed by atoms with Crippen molar-refractivity contribution in [1.82, 2.24) is 5.32 Å². The smallest absolute Gasteiger partial charge is 0.0208 e. The third-order valence-electron chi connectivity index (χ3n) is 4.68. The first kappa shape index (κ1) is 12.2. The summed E-state index contributed by atoms with van der Waals surface area (Å²) in [6, 6.07) is 9.95. The molecule has 0 aliphatic heterocycles. The lowest BCUT2D eigenvalue weighted by Crippen LogP contribution is -2.36. The Morgan fingerprint density at radius 1 is 1.11 bits per heavy atom. The highest BCUT2D eigenvalue weighted by Crippen LogP contribution is 2.40. The summed E-state index contributed by atoms with van der Waals surface area (Å²) in [5, 5.41) is 3.77. The summed E-state index contributed by atoms with van der Waals surface area (Å²) in [6.45, 7) is 3.45. The minimum Gasteiger partial charge on any atom is -0.310 e. The molecule has 2 aliphatic rings. The Hall–Kier alpha value is -0.820. The second kappa shape index (κ2) is 5.44. The Bertz CT molecular complexity index is 394. The average molecular weight is 243 g/mol. The van der Waals surface area contributed by atoms with Crippen molar-refractivity contribution in [3.8, 4) is 0 Å². The maximum absolute atomic E-state index is 3.77. The van der Waals surface area contributed by atoms with Gasteiger partial charge < -0.3 is 5.32 Å². The molecule has 1 aromatic rings. The first-order valence-corrected chi connectivity index (χ1v) is 7.65. The first-order chi connectivity index (χ1) is 8.83. The van der Waals surface area contributed by atoms with Gasteiger partial charge >= 0.3 is 0 Å². The van der Waals surface area contributed by atoms with Gasteiger partial charge in [0, 0.05) is 12.6 Å². The Kier molecular flexibility index (Phi) is 3.69. The Morgan fingerprint density at radius 2 is 1.94 bits per heavy atom. The number of rotatable bonds is 4. The predicted octanol–water partition coefficient (Wildman–Crippen LogP) is 4.23. The zero-order valence-electron chi connectivity index (χ0n) is 11.5. The highest BCUT2D eigenvalue weighted by atomic mass is 14.9. The fourth-order valence-corrected chi connectivity index (χ4v) is 3.24. The summed E-state index contributed by atoms with van der Waals surface area (Å²) >= 11 is 0. The van der Waals surface area contributed by atoms with Crippen LogP contribution in [0.2, 0.25) is 0 Å². The molecule has 1 aromatic carbocycles. The van der Waals surface area contributed by atoms with E-state index in [1.165, 1.54) is 44.1 Å². The summed E-state index contributed by atoms with van der Waals surface area (Å²) in [5.74, 6) is 1.73. The van der Waals surface area contributed by atoms with E-state index in [9.17, 15) is 0 Å². The Balaban J connectivity index is 1.57. The van der Waals surface area contributed by atoms with Crippen LogP contribution in [0.15, 0.2) is 24.3 Å². The van der Waals surface area contributed by atoms with E-state index in [-0.39, 0.29) is 0 Å². The lowest BCUT2D eigenvalue weighted by atomic mass is 9.86. The van der Waals surface area contributed by atoms with Gasteiger partial charge in [0.15, 0.2) is 0 Å². The number of hydrogen-bond donors (Lipinski definition) is 1. The molecular formula is C17H25N. The van der Waals surface area contributed by atoms with Gasteiger partial charge in [-0.1, -0.05) is 44.0 Å². The highest BCUT2D eigenvalue weighted by Gasteiger charge is 2.24. The fourth-order valence-electron chi connectivity index (χ4n) is 3.24. The van der Waals surface area contributed by atoms with Crippen molar-refractivity contribution in [3.05, 3.63) is 35.4 Å². The van der Waals surface area contributed by atoms with Crippen LogP contribution in [0.3, 0.4) is 0 Å². The van der Waals surface area contributed by atoms with Gasteiger partial charge in [-0.25, -0.2) is 0 Å². The maximum Gasteiger partial charge on any atom is 0.0208 e. The summed E-state index contributed by atoms with van der Waals surface area (Å²) in [4.78, 5) is 0. The molecule has 1 nitrogen and oxygen atoms in total. The Morgan fingerprint density at radius 3 is 2.72 bits per heavy atom. The first-order valence-electron chi connectivity index (χ1n) is 7.65. The van der Waals surface area contributed by atoms with Gasteiger partial charge in [0.1, 0.15) is 0 Å². The molecule has 2 atom stereocenters. The lowest BCUT2D eigenvalue weighted by Gasteiger charge is -2.29. The maximum atomic E-state index is 3.77. The van der Waals surface area contributed by atoms with Gasteiger partial charge in [-0.05, 0) is 48.6 Å². The van der Waals surface area contributed by atoms with E-state index in [1.54, 1.807) is 5.56 Å². The van der Waals surface area contributed by atoms with Crippen molar-refractivity contribution in [2.24, 2.45) is 5.92 Å². The van der Waals surface area contributed by atoms with Crippen LogP contribution in [-0.4, -0.2) is 6.04 Å². The number of benzene rings is 1. The standard InChI is InChI=1S/C17H25N/c1-13-5-2-3-8-17(13)18-12-14-6-4-7-16(11-14)15-9-10-15/h4,6-7,11,13,15,17-18H,2-3,5,8-10,12H2,1H3. The average Bonchev–Trinajstić information content (AvgIpc) is 3.23. The minimum absolute atomic E-state index is 0.739. The van der Waals surface area contributed by atoms with Crippen molar-refractivity contribution in [3.63, 3.8) is 0 Å². The normalized spacial score (nSPS) is 28.3. The van der Waals surface area contributed by atoms with E-state index in [2.05, 4.69) is 36.5 Å². The topological polar surface area (TPSA) is 12.0 Å². The second-order valence-corrected chi connectivity index (χ2v) is 6.27. The van der Waals surface area contributed by atoms with Crippen LogP contribution in [-0.2, 0) is 6.54 Å². The molecular weight excluding hydrogens is 218 g/mol. The molecule has 2 saturated carbocycles. The number of hydrogen-bond acceptors (Lipinski definition) is 1. The predicted molar refractivity (Wildman–Crippen MR) is 76.7 cm³/mol. The van der Waals surface area contributed by atoms with Crippen LogP contribution in [0.25, 0.3) is 0 Å². The van der Waals surface area contributed by atoms with Crippen molar-refractivity contribution >= 4 is 0 Å². The molecule has 0 spiro atoms. The third-order valence-corrected chi connectivity index (χ3v) is 4.68. The van der Waals surface area contributed by atoms with Gasteiger partial charge in [-0.3, -0.25) is 0 Å². The molecule has 18 heavy (non-hydrogen) atoms. The van der Waals surface area contributed by atoms with Gasteiger partial charge in [-0.2, -0.15) is 0 Å². The molecule has 1 heteroatoms. The van der Waals surface area contributed by atoms with Crippen molar-refractivity contribution in [2.45, 2.75) is 64.0 Å². The fraction of sp³-hybridized carbons (Fsp3) is 0.647. The molecule has 0 amide bonds. The SMILES string of the molecule is CC1CCCCC1NCc1cccc(C2CC2)c1. The molecule has 98 valence electrons. The van der Waals surface area contributed by atoms with Gasteiger partial charge in [0.25, 0.3) is 0 Å². The van der Waals surface area contributed by atoms with Crippen molar-refractivity contribution in [1.29, 1.82) is 0 Å². The molecule has 2 unspecified atom stereocenters. The van der Waals surface area contributed by atoms with E-state index < -0.39 is 0 Å². The van der Waals surface area contributed by atoms with Crippen LogP contribution in [0, 0.1) is 5.92 Å². The largest absolute Gasteiger partial charge is 0.310 e. The molecule has 0 aromatic heterocycles. The summed E-state index contributed by atoms with van der Waals surface area (Å²) in [6.07, 6.45) is 8.40. The third kappa shape index (κ3) is 2.95. The van der Waals surface area contributed by atoms with Gasteiger partial charge in [0.05, 0.1) is 0 Å². The van der Waals surface area contributed by atoms with Crippen LogP contribution in [0.4, 0.5) is 0 Å². The molecule has 0 radical (unpaired) electrons. The highest BCUT2D eigenvalue weighted by molar-refractivity contribution is 5.29. The zero-order valence-corrected chi connectivity index (χ0v) is 11.5. The van der Waals surface area contributed by atoms with Gasteiger partial charge in [-0.15, -0.1) is 0 Å².